The fraction of sp³-hybridized carbons (Fsp3) is 0.462. The van der Waals surface area contributed by atoms with E-state index < -0.39 is 10.5 Å². The van der Waals surface area contributed by atoms with Crippen molar-refractivity contribution in [3.8, 4) is 0 Å². The Labute approximate surface area is 125 Å². The summed E-state index contributed by atoms with van der Waals surface area (Å²) in [5.74, 6) is -0.225. The molecule has 0 N–H and O–H groups in total. The largest absolute Gasteiger partial charge is 0.372 e. The van der Waals surface area contributed by atoms with Crippen LogP contribution in [0.2, 0.25) is 0 Å². The first-order valence-electron chi connectivity index (χ1n) is 6.18. The van der Waals surface area contributed by atoms with Crippen molar-refractivity contribution in [1.82, 2.24) is 4.90 Å². The van der Waals surface area contributed by atoms with E-state index in [9.17, 15) is 14.9 Å². The third-order valence-electron chi connectivity index (χ3n) is 3.12. The lowest BCUT2D eigenvalue weighted by Gasteiger charge is -2.38. The summed E-state index contributed by atoms with van der Waals surface area (Å²) in [5, 5.41) is 10.9. The Morgan fingerprint density at radius 2 is 2.20 bits per heavy atom. The number of nitro benzene ring substituents is 1. The molecule has 2 rings (SSSR count). The minimum atomic E-state index is -0.510. The van der Waals surface area contributed by atoms with Crippen molar-refractivity contribution in [2.24, 2.45) is 0 Å². The van der Waals surface area contributed by atoms with Crippen LogP contribution in [0.1, 0.15) is 24.2 Å². The number of nitro groups is 1. The maximum Gasteiger partial charge on any atom is 0.284 e. The van der Waals surface area contributed by atoms with Gasteiger partial charge in [-0.3, -0.25) is 14.9 Å². The molecular formula is C13H15BrN2O4. The maximum absolute atomic E-state index is 12.5. The monoisotopic (exact) mass is 342 g/mol. The van der Waals surface area contributed by atoms with Gasteiger partial charge in [-0.1, -0.05) is 6.07 Å². The highest BCUT2D eigenvalue weighted by atomic mass is 79.9. The van der Waals surface area contributed by atoms with Gasteiger partial charge < -0.3 is 9.64 Å². The second kappa shape index (κ2) is 5.49. The van der Waals surface area contributed by atoms with E-state index in [0.717, 1.165) is 0 Å². The molecule has 0 bridgehead atoms. The summed E-state index contributed by atoms with van der Waals surface area (Å²) in [7, 11) is 0. The molecule has 1 heterocycles. The smallest absolute Gasteiger partial charge is 0.284 e. The van der Waals surface area contributed by atoms with Crippen LogP contribution < -0.4 is 0 Å². The molecule has 1 saturated heterocycles. The molecule has 20 heavy (non-hydrogen) atoms. The van der Waals surface area contributed by atoms with Crippen LogP contribution in [0.5, 0.6) is 0 Å². The lowest BCUT2D eigenvalue weighted by molar-refractivity contribution is -0.385. The van der Waals surface area contributed by atoms with Gasteiger partial charge in [0.1, 0.15) is 4.47 Å². The predicted octanol–water partition coefficient (Wildman–Crippen LogP) is 2.61. The number of carbonyl (C=O) groups excluding carboxylic acids is 1. The minimum absolute atomic E-state index is 0.108. The number of morpholine rings is 1. The van der Waals surface area contributed by atoms with Crippen molar-refractivity contribution in [3.05, 3.63) is 38.3 Å². The third kappa shape index (κ3) is 2.99. The van der Waals surface area contributed by atoms with E-state index in [1.807, 2.05) is 13.8 Å². The fourth-order valence-corrected chi connectivity index (χ4v) is 2.76. The molecule has 1 fully saturated rings. The number of ether oxygens (including phenoxy) is 1. The Morgan fingerprint density at radius 3 is 2.80 bits per heavy atom. The van der Waals surface area contributed by atoms with Gasteiger partial charge in [-0.15, -0.1) is 0 Å². The lowest BCUT2D eigenvalue weighted by atomic mass is 10.1. The van der Waals surface area contributed by atoms with Crippen molar-refractivity contribution in [2.45, 2.75) is 19.4 Å². The first-order chi connectivity index (χ1) is 9.32. The molecule has 6 nitrogen and oxygen atoms in total. The number of carbonyl (C=O) groups is 1. The molecule has 7 heteroatoms. The Kier molecular flexibility index (Phi) is 4.10. The van der Waals surface area contributed by atoms with Gasteiger partial charge in [-0.05, 0) is 35.8 Å². The summed E-state index contributed by atoms with van der Waals surface area (Å²) < 4.78 is 5.78. The molecule has 0 atom stereocenters. The van der Waals surface area contributed by atoms with Crippen molar-refractivity contribution < 1.29 is 14.5 Å². The Bertz CT molecular complexity index is 559. The molecule has 0 aromatic heterocycles. The van der Waals surface area contributed by atoms with E-state index in [4.69, 9.17) is 4.74 Å². The third-order valence-corrected chi connectivity index (χ3v) is 3.95. The standard InChI is InChI=1S/C13H15BrN2O4/c1-13(2)8-15(6-7-20-13)12(17)9-4-3-5-10(11(9)14)16(18)19/h3-5H,6-8H2,1-2H3. The van der Waals surface area contributed by atoms with Crippen LogP contribution in [-0.2, 0) is 4.74 Å². The van der Waals surface area contributed by atoms with Gasteiger partial charge >= 0.3 is 0 Å². The number of halogens is 1. The number of hydrogen-bond acceptors (Lipinski definition) is 4. The first kappa shape index (κ1) is 14.9. The number of rotatable bonds is 2. The first-order valence-corrected chi connectivity index (χ1v) is 6.97. The zero-order chi connectivity index (χ0) is 14.9. The lowest BCUT2D eigenvalue weighted by Crippen LogP contribution is -2.50. The molecule has 0 radical (unpaired) electrons. The molecule has 1 aliphatic rings. The number of benzene rings is 1. The van der Waals surface area contributed by atoms with Crippen molar-refractivity contribution in [1.29, 1.82) is 0 Å². The second-order valence-corrected chi connectivity index (χ2v) is 6.02. The highest BCUT2D eigenvalue weighted by molar-refractivity contribution is 9.10. The average Bonchev–Trinajstić information content (AvgIpc) is 2.36. The number of amides is 1. The van der Waals surface area contributed by atoms with Gasteiger partial charge in [-0.2, -0.15) is 0 Å². The van der Waals surface area contributed by atoms with E-state index in [2.05, 4.69) is 15.9 Å². The quantitative estimate of drug-likeness (QED) is 0.611. The Balaban J connectivity index is 2.30. The summed E-state index contributed by atoms with van der Waals surface area (Å²) in [6.45, 7) is 5.23. The van der Waals surface area contributed by atoms with E-state index in [1.54, 1.807) is 11.0 Å². The molecule has 0 spiro atoms. The van der Waals surface area contributed by atoms with Gasteiger partial charge in [0.15, 0.2) is 0 Å². The van der Waals surface area contributed by atoms with Crippen LogP contribution in [-0.4, -0.2) is 41.0 Å². The van der Waals surface area contributed by atoms with E-state index in [1.165, 1.54) is 12.1 Å². The summed E-state index contributed by atoms with van der Waals surface area (Å²) in [6, 6.07) is 4.47. The normalized spacial score (nSPS) is 17.9. The summed E-state index contributed by atoms with van der Waals surface area (Å²) in [4.78, 5) is 24.6. The highest BCUT2D eigenvalue weighted by Gasteiger charge is 2.32. The van der Waals surface area contributed by atoms with Crippen LogP contribution in [0.3, 0.4) is 0 Å². The van der Waals surface area contributed by atoms with E-state index in [-0.39, 0.29) is 16.1 Å². The van der Waals surface area contributed by atoms with Crippen LogP contribution >= 0.6 is 15.9 Å². The van der Waals surface area contributed by atoms with Gasteiger partial charge in [0.05, 0.1) is 22.7 Å². The molecule has 108 valence electrons. The molecule has 0 unspecified atom stereocenters. The van der Waals surface area contributed by atoms with Gasteiger partial charge in [0, 0.05) is 19.2 Å². The minimum Gasteiger partial charge on any atom is -0.372 e. The molecule has 0 saturated carbocycles. The average molecular weight is 343 g/mol. The topological polar surface area (TPSA) is 72.7 Å². The highest BCUT2D eigenvalue weighted by Crippen LogP contribution is 2.30. The van der Waals surface area contributed by atoms with Gasteiger partial charge in [0.2, 0.25) is 0 Å². The Hall–Kier alpha value is -1.47. The molecule has 1 amide bonds. The number of hydrogen-bond donors (Lipinski definition) is 0. The molecule has 1 aromatic carbocycles. The van der Waals surface area contributed by atoms with Crippen LogP contribution in [0.15, 0.2) is 22.7 Å². The van der Waals surface area contributed by atoms with Crippen molar-refractivity contribution in [2.75, 3.05) is 19.7 Å². The SMILES string of the molecule is CC1(C)CN(C(=O)c2cccc([N+](=O)[O-])c2Br)CCO1. The molecule has 0 aliphatic carbocycles. The van der Waals surface area contributed by atoms with Gasteiger partial charge in [-0.25, -0.2) is 0 Å². The summed E-state index contributed by atoms with van der Waals surface area (Å²) in [6.07, 6.45) is 0. The Morgan fingerprint density at radius 1 is 1.50 bits per heavy atom. The van der Waals surface area contributed by atoms with E-state index in [0.29, 0.717) is 25.3 Å². The van der Waals surface area contributed by atoms with E-state index >= 15 is 0 Å². The maximum atomic E-state index is 12.5. The van der Waals surface area contributed by atoms with Crippen molar-refractivity contribution in [3.63, 3.8) is 0 Å². The molecular weight excluding hydrogens is 328 g/mol. The van der Waals surface area contributed by atoms with Crippen LogP contribution in [0.25, 0.3) is 0 Å². The van der Waals surface area contributed by atoms with Crippen LogP contribution in [0.4, 0.5) is 5.69 Å². The van der Waals surface area contributed by atoms with Crippen molar-refractivity contribution >= 4 is 27.5 Å². The fourth-order valence-electron chi connectivity index (χ4n) is 2.19. The zero-order valence-corrected chi connectivity index (χ0v) is 12.8. The summed E-state index contributed by atoms with van der Waals surface area (Å²) >= 11 is 3.16. The number of nitrogens with zero attached hydrogens (tertiary/aromatic N) is 2. The molecule has 1 aliphatic heterocycles. The summed E-state index contributed by atoms with van der Waals surface area (Å²) in [5.41, 5.74) is -0.207. The second-order valence-electron chi connectivity index (χ2n) is 5.23. The molecule has 1 aromatic rings. The zero-order valence-electron chi connectivity index (χ0n) is 11.3. The van der Waals surface area contributed by atoms with Crippen LogP contribution in [0, 0.1) is 10.1 Å². The van der Waals surface area contributed by atoms with Gasteiger partial charge in [0.25, 0.3) is 11.6 Å². The predicted molar refractivity (Wildman–Crippen MR) is 76.7 cm³/mol.